The summed E-state index contributed by atoms with van der Waals surface area (Å²) in [6, 6.07) is 1.74. The molecular formula is C11H9BF9NaO4. The molecule has 0 aliphatic heterocycles. The van der Waals surface area contributed by atoms with Crippen molar-refractivity contribution in [1.82, 2.24) is 0 Å². The first-order chi connectivity index (χ1) is 11.0. The number of hydrogen-bond donors (Lipinski definition) is 3. The van der Waals surface area contributed by atoms with Crippen molar-refractivity contribution in [3.63, 3.8) is 0 Å². The van der Waals surface area contributed by atoms with Crippen LogP contribution in [0, 0.1) is 6.07 Å². The second kappa shape index (κ2) is 9.62. The second-order valence-electron chi connectivity index (χ2n) is 4.24. The molecule has 144 valence electrons. The van der Waals surface area contributed by atoms with Gasteiger partial charge in [0.2, 0.25) is 5.60 Å². The van der Waals surface area contributed by atoms with E-state index in [9.17, 15) is 39.5 Å². The van der Waals surface area contributed by atoms with Gasteiger partial charge in [-0.1, -0.05) is 5.56 Å². The van der Waals surface area contributed by atoms with E-state index in [4.69, 9.17) is 15.1 Å². The van der Waals surface area contributed by atoms with E-state index < -0.39 is 42.6 Å². The molecule has 1 aromatic carbocycles. The first-order valence-electron chi connectivity index (χ1n) is 5.82. The van der Waals surface area contributed by atoms with Gasteiger partial charge >= 0.3 is 55.4 Å². The van der Waals surface area contributed by atoms with Gasteiger partial charge in [0.25, 0.3) is 0 Å². The fourth-order valence-electron chi connectivity index (χ4n) is 1.68. The molecule has 15 heteroatoms. The minimum Gasteiger partial charge on any atom is -0.402 e. The summed E-state index contributed by atoms with van der Waals surface area (Å²) in [5, 5.41) is 21.5. The smallest absolute Gasteiger partial charge is 0.402 e. The van der Waals surface area contributed by atoms with Crippen LogP contribution in [0.25, 0.3) is 0 Å². The molecule has 0 saturated heterocycles. The summed E-state index contributed by atoms with van der Waals surface area (Å²) in [6.07, 6.45) is -17.2. The molecule has 0 saturated carbocycles. The van der Waals surface area contributed by atoms with E-state index in [0.717, 1.165) is 0 Å². The molecule has 26 heavy (non-hydrogen) atoms. The topological polar surface area (TPSA) is 69.9 Å². The van der Waals surface area contributed by atoms with Gasteiger partial charge in [0.1, 0.15) is 0 Å². The second-order valence-corrected chi connectivity index (χ2v) is 4.24. The molecular weight excluding hydrogens is 401 g/mol. The van der Waals surface area contributed by atoms with Crippen molar-refractivity contribution < 1.29 is 88.9 Å². The largest absolute Gasteiger partial charge is 1.00 e. The fourth-order valence-corrected chi connectivity index (χ4v) is 1.68. The number of ether oxygens (including phenoxy) is 1. The maximum Gasteiger partial charge on any atom is 1.00 e. The van der Waals surface area contributed by atoms with Crippen molar-refractivity contribution in [3.8, 4) is 0 Å². The Balaban J connectivity index is 0. The predicted octanol–water partition coefficient (Wildman–Crippen LogP) is -0.576. The van der Waals surface area contributed by atoms with E-state index in [1.54, 1.807) is 6.07 Å². The first-order valence-corrected chi connectivity index (χ1v) is 5.82. The third kappa shape index (κ3) is 6.58. The van der Waals surface area contributed by atoms with Crippen LogP contribution in [0.3, 0.4) is 0 Å². The van der Waals surface area contributed by atoms with Crippen LogP contribution in [0.4, 0.5) is 39.5 Å². The number of halogens is 9. The predicted molar refractivity (Wildman–Crippen MR) is 63.5 cm³/mol. The molecule has 0 amide bonds. The number of hydrogen-bond acceptors (Lipinski definition) is 4. The third-order valence-corrected chi connectivity index (χ3v) is 2.63. The molecule has 0 aromatic heterocycles. The van der Waals surface area contributed by atoms with Crippen molar-refractivity contribution in [1.29, 1.82) is 0 Å². The molecule has 0 bridgehead atoms. The summed E-state index contributed by atoms with van der Waals surface area (Å²) in [6.45, 7) is 0. The number of alkyl halides is 9. The van der Waals surface area contributed by atoms with Gasteiger partial charge in [0.15, 0.2) is 0 Å². The molecule has 0 unspecified atom stereocenters. The molecule has 0 heterocycles. The van der Waals surface area contributed by atoms with E-state index in [1.807, 2.05) is 0 Å². The summed E-state index contributed by atoms with van der Waals surface area (Å²) in [4.78, 5) is 0. The summed E-state index contributed by atoms with van der Waals surface area (Å²) in [5.74, 6) is 0. The summed E-state index contributed by atoms with van der Waals surface area (Å²) >= 11 is 0. The van der Waals surface area contributed by atoms with E-state index >= 15 is 0 Å². The minimum atomic E-state index is -6.02. The SMILES string of the molecule is COC(c1c[c-]cc(C(F)(F)F)c1)(C(F)(F)F)C(F)(F)F.OB(O)O.[Na+]. The van der Waals surface area contributed by atoms with Crippen molar-refractivity contribution in [3.05, 3.63) is 35.4 Å². The van der Waals surface area contributed by atoms with Crippen LogP contribution in [0.15, 0.2) is 18.2 Å². The molecule has 0 atom stereocenters. The maximum atomic E-state index is 12.8. The number of benzene rings is 1. The van der Waals surface area contributed by atoms with E-state index in [1.165, 1.54) is 0 Å². The standard InChI is InChI=1S/C11H6F9O.BH3O3.Na/c1-21-8(10(15,16)17,11(18,19)20)6-3-2-4-7(5-6)9(12,13)14;2-1(3)4;/h3-5H,1H3;2-4H;/q-1;;+1. The Hall–Kier alpha value is -0.505. The zero-order valence-corrected chi connectivity index (χ0v) is 15.0. The van der Waals surface area contributed by atoms with Crippen LogP contribution in [-0.4, -0.2) is 41.9 Å². The Bertz CT molecular complexity index is 543. The molecule has 1 aromatic rings. The van der Waals surface area contributed by atoms with Crippen molar-refractivity contribution >= 4 is 7.32 Å². The first kappa shape index (κ1) is 27.7. The quantitative estimate of drug-likeness (QED) is 0.347. The Morgan fingerprint density at radius 2 is 1.19 bits per heavy atom. The van der Waals surface area contributed by atoms with Gasteiger partial charge in [-0.3, -0.25) is 0 Å². The molecule has 1 rings (SSSR count). The van der Waals surface area contributed by atoms with Crippen LogP contribution in [-0.2, 0) is 16.5 Å². The van der Waals surface area contributed by atoms with Gasteiger partial charge in [-0.05, 0) is 0 Å². The average molecular weight is 410 g/mol. The van der Waals surface area contributed by atoms with Gasteiger partial charge in [0, 0.05) is 7.11 Å². The molecule has 0 spiro atoms. The molecule has 3 N–H and O–H groups in total. The molecule has 0 radical (unpaired) electrons. The van der Waals surface area contributed by atoms with Crippen LogP contribution in [0.2, 0.25) is 0 Å². The Kier molecular flexibility index (Phi) is 10.3. The van der Waals surface area contributed by atoms with Gasteiger partial charge in [-0.15, -0.1) is 5.56 Å². The van der Waals surface area contributed by atoms with Gasteiger partial charge in [-0.2, -0.15) is 63.8 Å². The minimum absolute atomic E-state index is 0. The van der Waals surface area contributed by atoms with Crippen LogP contribution in [0.5, 0.6) is 0 Å². The fraction of sp³-hybridized carbons (Fsp3) is 0.455. The normalized spacial score (nSPS) is 12.7. The Morgan fingerprint density at radius 1 is 0.846 bits per heavy atom. The number of methoxy groups -OCH3 is 1. The van der Waals surface area contributed by atoms with E-state index in [0.29, 0.717) is 0 Å². The summed E-state index contributed by atoms with van der Waals surface area (Å²) < 4.78 is 118. The van der Waals surface area contributed by atoms with Gasteiger partial charge in [-0.25, -0.2) is 0 Å². The summed E-state index contributed by atoms with van der Waals surface area (Å²) in [5.41, 5.74) is -8.31. The van der Waals surface area contributed by atoms with Gasteiger partial charge in [0.05, 0.1) is 0 Å². The van der Waals surface area contributed by atoms with Crippen molar-refractivity contribution in [2.75, 3.05) is 7.11 Å². The van der Waals surface area contributed by atoms with E-state index in [-0.39, 0.29) is 54.9 Å². The third-order valence-electron chi connectivity index (χ3n) is 2.63. The monoisotopic (exact) mass is 410 g/mol. The molecule has 0 fully saturated rings. The van der Waals surface area contributed by atoms with Crippen LogP contribution >= 0.6 is 0 Å². The van der Waals surface area contributed by atoms with Crippen LogP contribution in [0.1, 0.15) is 11.1 Å². The zero-order valence-electron chi connectivity index (χ0n) is 13.0. The average Bonchev–Trinajstić information content (AvgIpc) is 2.35. The summed E-state index contributed by atoms with van der Waals surface area (Å²) in [7, 11) is -2.05. The van der Waals surface area contributed by atoms with Gasteiger partial charge < -0.3 is 19.8 Å². The number of rotatable bonds is 2. The molecule has 0 aliphatic rings. The van der Waals surface area contributed by atoms with E-state index in [2.05, 4.69) is 4.74 Å². The maximum absolute atomic E-state index is 12.8. The van der Waals surface area contributed by atoms with Crippen LogP contribution < -0.4 is 29.6 Å². The molecule has 4 nitrogen and oxygen atoms in total. The van der Waals surface area contributed by atoms with Crippen molar-refractivity contribution in [2.24, 2.45) is 0 Å². The Labute approximate surface area is 163 Å². The molecule has 0 aliphatic carbocycles. The van der Waals surface area contributed by atoms with Crippen molar-refractivity contribution in [2.45, 2.75) is 24.1 Å². The zero-order chi connectivity index (χ0) is 20.3. The Morgan fingerprint density at radius 3 is 1.46 bits per heavy atom.